The molecule has 1 fully saturated rings. The number of pyridine rings is 1. The van der Waals surface area contributed by atoms with Crippen LogP contribution < -0.4 is 5.73 Å². The van der Waals surface area contributed by atoms with Crippen LogP contribution in [0.5, 0.6) is 0 Å². The quantitative estimate of drug-likeness (QED) is 0.830. The zero-order chi connectivity index (χ0) is 13.0. The Labute approximate surface area is 106 Å². The number of carbonyl (C=O) groups is 1. The Balaban J connectivity index is 1.98. The second kappa shape index (κ2) is 5.93. The maximum absolute atomic E-state index is 10.7. The highest BCUT2D eigenvalue weighted by Gasteiger charge is 2.17. The van der Waals surface area contributed by atoms with Gasteiger partial charge in [0.2, 0.25) is 0 Å². The summed E-state index contributed by atoms with van der Waals surface area (Å²) in [6.45, 7) is 1.58. The van der Waals surface area contributed by atoms with E-state index in [9.17, 15) is 4.79 Å². The SMILES string of the molecule is N[C@@H](Cc1ccc(C2CCOCC2)nc1)C(=O)O. The molecule has 0 aliphatic carbocycles. The Hall–Kier alpha value is -1.46. The number of carboxylic acid groups (broad SMARTS) is 1. The Bertz CT molecular complexity index is 399. The third-order valence-electron chi connectivity index (χ3n) is 3.26. The second-order valence-electron chi connectivity index (χ2n) is 4.63. The molecule has 2 heterocycles. The number of nitrogens with zero attached hydrogens (tertiary/aromatic N) is 1. The number of rotatable bonds is 4. The molecule has 1 aromatic heterocycles. The van der Waals surface area contributed by atoms with E-state index in [1.54, 1.807) is 6.20 Å². The Kier molecular flexibility index (Phi) is 4.28. The van der Waals surface area contributed by atoms with Gasteiger partial charge in [0.1, 0.15) is 6.04 Å². The second-order valence-corrected chi connectivity index (χ2v) is 4.63. The van der Waals surface area contributed by atoms with Gasteiger partial charge in [-0.1, -0.05) is 6.07 Å². The van der Waals surface area contributed by atoms with E-state index >= 15 is 0 Å². The fraction of sp³-hybridized carbons (Fsp3) is 0.538. The predicted molar refractivity (Wildman–Crippen MR) is 66.3 cm³/mol. The Morgan fingerprint density at radius 3 is 2.78 bits per heavy atom. The molecular weight excluding hydrogens is 232 g/mol. The molecule has 1 saturated heterocycles. The van der Waals surface area contributed by atoms with E-state index in [1.807, 2.05) is 12.1 Å². The lowest BCUT2D eigenvalue weighted by atomic mass is 9.95. The first-order valence-electron chi connectivity index (χ1n) is 6.18. The van der Waals surface area contributed by atoms with Crippen LogP contribution in [-0.4, -0.2) is 35.3 Å². The molecule has 5 nitrogen and oxygen atoms in total. The lowest BCUT2D eigenvalue weighted by Crippen LogP contribution is -2.32. The van der Waals surface area contributed by atoms with E-state index in [0.29, 0.717) is 12.3 Å². The highest BCUT2D eigenvalue weighted by molar-refractivity contribution is 5.73. The van der Waals surface area contributed by atoms with E-state index in [0.717, 1.165) is 37.3 Å². The third-order valence-corrected chi connectivity index (χ3v) is 3.26. The van der Waals surface area contributed by atoms with Crippen molar-refractivity contribution in [2.75, 3.05) is 13.2 Å². The average Bonchev–Trinajstić information content (AvgIpc) is 2.40. The van der Waals surface area contributed by atoms with Gasteiger partial charge in [0.05, 0.1) is 0 Å². The van der Waals surface area contributed by atoms with Gasteiger partial charge in [-0.2, -0.15) is 0 Å². The first-order valence-corrected chi connectivity index (χ1v) is 6.18. The molecule has 18 heavy (non-hydrogen) atoms. The number of hydrogen-bond acceptors (Lipinski definition) is 4. The number of hydrogen-bond donors (Lipinski definition) is 2. The molecule has 1 aromatic rings. The summed E-state index contributed by atoms with van der Waals surface area (Å²) in [6.07, 6.45) is 4.05. The summed E-state index contributed by atoms with van der Waals surface area (Å²) in [4.78, 5) is 15.1. The minimum atomic E-state index is -0.983. The summed E-state index contributed by atoms with van der Waals surface area (Å²) in [6, 6.07) is 3.03. The highest BCUT2D eigenvalue weighted by atomic mass is 16.5. The maximum Gasteiger partial charge on any atom is 0.320 e. The minimum absolute atomic E-state index is 0.316. The molecular formula is C13H18N2O3. The molecule has 1 aliphatic heterocycles. The molecule has 5 heteroatoms. The summed E-state index contributed by atoms with van der Waals surface area (Å²) in [7, 11) is 0. The summed E-state index contributed by atoms with van der Waals surface area (Å²) >= 11 is 0. The molecule has 1 aliphatic rings. The van der Waals surface area contributed by atoms with Crippen LogP contribution in [0, 0.1) is 0 Å². The van der Waals surface area contributed by atoms with Crippen LogP contribution in [0.2, 0.25) is 0 Å². The summed E-state index contributed by atoms with van der Waals surface area (Å²) in [5.74, 6) is -0.524. The zero-order valence-corrected chi connectivity index (χ0v) is 10.2. The van der Waals surface area contributed by atoms with E-state index in [2.05, 4.69) is 4.98 Å². The fourth-order valence-corrected chi connectivity index (χ4v) is 2.13. The molecule has 0 amide bonds. The summed E-state index contributed by atoms with van der Waals surface area (Å²) < 4.78 is 5.31. The number of ether oxygens (including phenoxy) is 1. The average molecular weight is 250 g/mol. The Morgan fingerprint density at radius 2 is 2.22 bits per heavy atom. The van der Waals surface area contributed by atoms with E-state index in [-0.39, 0.29) is 0 Å². The van der Waals surface area contributed by atoms with Gasteiger partial charge < -0.3 is 15.6 Å². The normalized spacial score (nSPS) is 18.5. The maximum atomic E-state index is 10.7. The smallest absolute Gasteiger partial charge is 0.320 e. The van der Waals surface area contributed by atoms with Crippen molar-refractivity contribution in [1.82, 2.24) is 4.98 Å². The molecule has 3 N–H and O–H groups in total. The number of nitrogens with two attached hydrogens (primary N) is 1. The van der Waals surface area contributed by atoms with Gasteiger partial charge in [0.25, 0.3) is 0 Å². The van der Waals surface area contributed by atoms with Crippen LogP contribution in [0.25, 0.3) is 0 Å². The largest absolute Gasteiger partial charge is 0.480 e. The van der Waals surface area contributed by atoms with Gasteiger partial charge in [0, 0.05) is 31.0 Å². The number of carboxylic acids is 1. The van der Waals surface area contributed by atoms with Crippen LogP contribution in [0.1, 0.15) is 30.0 Å². The van der Waals surface area contributed by atoms with E-state index < -0.39 is 12.0 Å². The van der Waals surface area contributed by atoms with Crippen LogP contribution >= 0.6 is 0 Å². The van der Waals surface area contributed by atoms with Gasteiger partial charge in [-0.25, -0.2) is 0 Å². The molecule has 1 atom stereocenters. The standard InChI is InChI=1S/C13H18N2O3/c14-11(13(16)17)7-9-1-2-12(15-8-9)10-3-5-18-6-4-10/h1-2,8,10-11H,3-7,14H2,(H,16,17)/t11-/m0/s1. The van der Waals surface area contributed by atoms with Crippen molar-refractivity contribution < 1.29 is 14.6 Å². The molecule has 0 saturated carbocycles. The first kappa shape index (κ1) is 13.0. The molecule has 2 rings (SSSR count). The lowest BCUT2D eigenvalue weighted by Gasteiger charge is -2.21. The van der Waals surface area contributed by atoms with E-state index in [1.165, 1.54) is 0 Å². The summed E-state index contributed by atoms with van der Waals surface area (Å²) in [5.41, 5.74) is 7.41. The van der Waals surface area contributed by atoms with Crippen molar-refractivity contribution >= 4 is 5.97 Å². The highest BCUT2D eigenvalue weighted by Crippen LogP contribution is 2.25. The molecule has 98 valence electrons. The monoisotopic (exact) mass is 250 g/mol. The fourth-order valence-electron chi connectivity index (χ4n) is 2.13. The first-order chi connectivity index (χ1) is 8.66. The van der Waals surface area contributed by atoms with Crippen LogP contribution in [0.15, 0.2) is 18.3 Å². The van der Waals surface area contributed by atoms with Crippen molar-refractivity contribution in [2.45, 2.75) is 31.2 Å². The molecule has 0 bridgehead atoms. The molecule has 0 spiro atoms. The van der Waals surface area contributed by atoms with Gasteiger partial charge in [-0.15, -0.1) is 0 Å². The molecule has 0 unspecified atom stereocenters. The molecule has 0 radical (unpaired) electrons. The van der Waals surface area contributed by atoms with Crippen molar-refractivity contribution in [3.8, 4) is 0 Å². The van der Waals surface area contributed by atoms with Crippen LogP contribution in [0.4, 0.5) is 0 Å². The lowest BCUT2D eigenvalue weighted by molar-refractivity contribution is -0.138. The predicted octanol–water partition coefficient (Wildman–Crippen LogP) is 0.930. The molecule has 0 aromatic carbocycles. The minimum Gasteiger partial charge on any atom is -0.480 e. The topological polar surface area (TPSA) is 85.4 Å². The van der Waals surface area contributed by atoms with Crippen molar-refractivity contribution in [3.05, 3.63) is 29.6 Å². The van der Waals surface area contributed by atoms with Crippen molar-refractivity contribution in [3.63, 3.8) is 0 Å². The van der Waals surface area contributed by atoms with Crippen molar-refractivity contribution in [1.29, 1.82) is 0 Å². The van der Waals surface area contributed by atoms with Gasteiger partial charge >= 0.3 is 5.97 Å². The third kappa shape index (κ3) is 3.27. The van der Waals surface area contributed by atoms with Gasteiger partial charge in [0.15, 0.2) is 0 Å². The van der Waals surface area contributed by atoms with Gasteiger partial charge in [-0.05, 0) is 30.9 Å². The van der Waals surface area contributed by atoms with Crippen LogP contribution in [-0.2, 0) is 16.0 Å². The summed E-state index contributed by atoms with van der Waals surface area (Å²) in [5, 5.41) is 8.74. The number of aromatic nitrogens is 1. The zero-order valence-electron chi connectivity index (χ0n) is 10.2. The van der Waals surface area contributed by atoms with Gasteiger partial charge in [-0.3, -0.25) is 9.78 Å². The van der Waals surface area contributed by atoms with E-state index in [4.69, 9.17) is 15.6 Å². The Morgan fingerprint density at radius 1 is 1.50 bits per heavy atom. The van der Waals surface area contributed by atoms with Crippen molar-refractivity contribution in [2.24, 2.45) is 5.73 Å². The van der Waals surface area contributed by atoms with Crippen LogP contribution in [0.3, 0.4) is 0 Å². The number of aliphatic carboxylic acids is 1.